The van der Waals surface area contributed by atoms with Gasteiger partial charge in [0.15, 0.2) is 5.66 Å². The number of rotatable bonds is 5. The molecular weight excluding hydrogens is 250 g/mol. The molecule has 4 nitrogen and oxygen atoms in total. The number of hydrogen-bond donors (Lipinski definition) is 0. The molecule has 0 bridgehead atoms. The highest BCUT2D eigenvalue weighted by Gasteiger charge is 2.44. The largest absolute Gasteiger partial charge is 0.339 e. The Labute approximate surface area is 121 Å². The number of amides is 1. The van der Waals surface area contributed by atoms with E-state index in [1.165, 1.54) is 32.1 Å². The van der Waals surface area contributed by atoms with E-state index in [-0.39, 0.29) is 5.66 Å². The normalized spacial score (nSPS) is 29.9. The number of likely N-dealkylation sites (tertiary alicyclic amines) is 1. The number of fused-ring (bicyclic) bond motifs is 1. The molecule has 3 rings (SSSR count). The molecule has 0 N–H and O–H groups in total. The third-order valence-corrected chi connectivity index (χ3v) is 5.06. The maximum Gasteiger partial charge on any atom is 0.223 e. The molecule has 4 heteroatoms. The van der Waals surface area contributed by atoms with Crippen LogP contribution in [0.1, 0.15) is 57.8 Å². The Morgan fingerprint density at radius 3 is 2.80 bits per heavy atom. The van der Waals surface area contributed by atoms with Crippen LogP contribution in [0.3, 0.4) is 0 Å². The van der Waals surface area contributed by atoms with Crippen molar-refractivity contribution in [2.75, 3.05) is 6.54 Å². The molecule has 1 amide bonds. The zero-order valence-corrected chi connectivity index (χ0v) is 12.1. The molecule has 0 aromatic carbocycles. The number of hydrogen-bond acceptors (Lipinski definition) is 3. The molecule has 1 aliphatic carbocycles. The van der Waals surface area contributed by atoms with Crippen LogP contribution in [-0.4, -0.2) is 29.1 Å². The van der Waals surface area contributed by atoms with E-state index in [2.05, 4.69) is 21.0 Å². The van der Waals surface area contributed by atoms with E-state index in [9.17, 15) is 4.79 Å². The van der Waals surface area contributed by atoms with Gasteiger partial charge in [-0.15, -0.1) is 12.3 Å². The second-order valence-electron chi connectivity index (χ2n) is 6.40. The molecule has 2 unspecified atom stereocenters. The molecule has 2 fully saturated rings. The predicted octanol–water partition coefficient (Wildman–Crippen LogP) is 3.13. The minimum atomic E-state index is -0.310. The second-order valence-corrected chi connectivity index (χ2v) is 6.40. The van der Waals surface area contributed by atoms with Crippen LogP contribution in [0.5, 0.6) is 0 Å². The van der Waals surface area contributed by atoms with Gasteiger partial charge in [0.05, 0.1) is 0 Å². The first-order chi connectivity index (χ1) is 9.74. The molecule has 1 saturated carbocycles. The van der Waals surface area contributed by atoms with Crippen LogP contribution in [-0.2, 0) is 4.79 Å². The van der Waals surface area contributed by atoms with E-state index >= 15 is 0 Å². The molecule has 0 radical (unpaired) electrons. The number of nitrogens with zero attached hydrogens (tertiary/aromatic N) is 3. The third kappa shape index (κ3) is 2.72. The molecule has 0 aromatic rings. The first-order valence-corrected chi connectivity index (χ1v) is 7.91. The van der Waals surface area contributed by atoms with Gasteiger partial charge in [0.25, 0.3) is 0 Å². The molecular formula is C16H23N3O. The zero-order chi connectivity index (χ0) is 14.0. The number of carbonyl (C=O) groups excluding carboxylic acids is 1. The number of terminal acetylenes is 1. The van der Waals surface area contributed by atoms with Crippen LogP contribution in [0.15, 0.2) is 10.2 Å². The Kier molecular flexibility index (Phi) is 3.78. The summed E-state index contributed by atoms with van der Waals surface area (Å²) in [5.74, 6) is 3.69. The molecule has 0 spiro atoms. The molecule has 20 heavy (non-hydrogen) atoms. The summed E-state index contributed by atoms with van der Waals surface area (Å²) in [5.41, 5.74) is -0.310. The summed E-state index contributed by atoms with van der Waals surface area (Å²) in [6, 6.07) is 0.528. The predicted molar refractivity (Wildman–Crippen MR) is 77.0 cm³/mol. The summed E-state index contributed by atoms with van der Waals surface area (Å²) in [6.45, 7) is 0.981. The lowest BCUT2D eigenvalue weighted by atomic mass is 9.84. The van der Waals surface area contributed by atoms with Crippen molar-refractivity contribution in [1.29, 1.82) is 0 Å². The van der Waals surface area contributed by atoms with Crippen molar-refractivity contribution in [3.63, 3.8) is 0 Å². The van der Waals surface area contributed by atoms with Crippen LogP contribution < -0.4 is 0 Å². The van der Waals surface area contributed by atoms with Crippen LogP contribution in [0, 0.1) is 18.3 Å². The fraction of sp³-hybridized carbons (Fsp3) is 0.812. The van der Waals surface area contributed by atoms with Gasteiger partial charge < -0.3 is 4.90 Å². The summed E-state index contributed by atoms with van der Waals surface area (Å²) in [5, 5.41) is 8.20. The summed E-state index contributed by atoms with van der Waals surface area (Å²) in [7, 11) is 0. The highest BCUT2D eigenvalue weighted by atomic mass is 16.2. The van der Waals surface area contributed by atoms with Gasteiger partial charge in [-0.3, -0.25) is 4.79 Å². The van der Waals surface area contributed by atoms with Gasteiger partial charge in [0, 0.05) is 38.3 Å². The van der Waals surface area contributed by atoms with Crippen LogP contribution in [0.25, 0.3) is 0 Å². The van der Waals surface area contributed by atoms with E-state index < -0.39 is 0 Å². The first-order valence-electron chi connectivity index (χ1n) is 7.91. The van der Waals surface area contributed by atoms with Gasteiger partial charge >= 0.3 is 0 Å². The SMILES string of the molecule is C#CCCC1(CCC(=O)N2CC3CCCCCC32)N=N1. The number of carbonyl (C=O) groups is 1. The summed E-state index contributed by atoms with van der Waals surface area (Å²) in [4.78, 5) is 14.4. The average Bonchev–Trinajstić information content (AvgIpc) is 3.21. The van der Waals surface area contributed by atoms with E-state index in [4.69, 9.17) is 6.42 Å². The summed E-state index contributed by atoms with van der Waals surface area (Å²) >= 11 is 0. The lowest BCUT2D eigenvalue weighted by Gasteiger charge is -2.48. The van der Waals surface area contributed by atoms with E-state index in [0.29, 0.717) is 24.8 Å². The van der Waals surface area contributed by atoms with E-state index in [1.807, 2.05) is 0 Å². The van der Waals surface area contributed by atoms with Gasteiger partial charge in [-0.1, -0.05) is 19.3 Å². The summed E-state index contributed by atoms with van der Waals surface area (Å²) in [6.07, 6.45) is 14.5. The van der Waals surface area contributed by atoms with Gasteiger partial charge in [-0.05, 0) is 18.8 Å². The van der Waals surface area contributed by atoms with E-state index in [0.717, 1.165) is 25.3 Å². The lowest BCUT2D eigenvalue weighted by molar-refractivity contribution is -0.144. The van der Waals surface area contributed by atoms with Gasteiger partial charge in [0.2, 0.25) is 5.91 Å². The average molecular weight is 273 g/mol. The second kappa shape index (κ2) is 5.55. The molecule has 2 aliphatic heterocycles. The summed E-state index contributed by atoms with van der Waals surface area (Å²) < 4.78 is 0. The minimum Gasteiger partial charge on any atom is -0.339 e. The van der Waals surface area contributed by atoms with Gasteiger partial charge in [0.1, 0.15) is 0 Å². The topological polar surface area (TPSA) is 45.0 Å². The van der Waals surface area contributed by atoms with E-state index in [1.54, 1.807) is 0 Å². The van der Waals surface area contributed by atoms with Crippen molar-refractivity contribution >= 4 is 5.91 Å². The first kappa shape index (κ1) is 13.6. The minimum absolute atomic E-state index is 0.297. The Morgan fingerprint density at radius 1 is 1.25 bits per heavy atom. The van der Waals surface area contributed by atoms with Crippen molar-refractivity contribution in [3.05, 3.63) is 0 Å². The smallest absolute Gasteiger partial charge is 0.223 e. The Bertz CT molecular complexity index is 445. The lowest BCUT2D eigenvalue weighted by Crippen LogP contribution is -2.58. The van der Waals surface area contributed by atoms with Gasteiger partial charge in [-0.25, -0.2) is 0 Å². The monoisotopic (exact) mass is 273 g/mol. The Hall–Kier alpha value is -1.37. The van der Waals surface area contributed by atoms with Crippen molar-refractivity contribution < 1.29 is 4.79 Å². The maximum absolute atomic E-state index is 12.3. The molecule has 3 aliphatic rings. The molecule has 1 saturated heterocycles. The highest BCUT2D eigenvalue weighted by molar-refractivity contribution is 5.77. The Balaban J connectivity index is 1.45. The molecule has 0 aromatic heterocycles. The highest BCUT2D eigenvalue weighted by Crippen LogP contribution is 2.40. The maximum atomic E-state index is 12.3. The van der Waals surface area contributed by atoms with Crippen molar-refractivity contribution in [2.24, 2.45) is 16.1 Å². The quantitative estimate of drug-likeness (QED) is 0.710. The van der Waals surface area contributed by atoms with Crippen molar-refractivity contribution in [1.82, 2.24) is 4.90 Å². The molecule has 108 valence electrons. The molecule has 2 heterocycles. The van der Waals surface area contributed by atoms with Crippen LogP contribution in [0.4, 0.5) is 0 Å². The van der Waals surface area contributed by atoms with Crippen LogP contribution >= 0.6 is 0 Å². The fourth-order valence-corrected chi connectivity index (χ4v) is 3.64. The van der Waals surface area contributed by atoms with Crippen molar-refractivity contribution in [2.45, 2.75) is 69.5 Å². The fourth-order valence-electron chi connectivity index (χ4n) is 3.64. The zero-order valence-electron chi connectivity index (χ0n) is 12.1. The standard InChI is InChI=1S/C16H23N3O/c1-2-3-10-16(17-18-16)11-9-15(20)19-12-13-7-5-4-6-8-14(13)19/h1,13-14H,3-12H2. The van der Waals surface area contributed by atoms with Crippen molar-refractivity contribution in [3.8, 4) is 12.3 Å². The van der Waals surface area contributed by atoms with Gasteiger partial charge in [-0.2, -0.15) is 10.2 Å². The van der Waals surface area contributed by atoms with Crippen LogP contribution in [0.2, 0.25) is 0 Å². The third-order valence-electron chi connectivity index (χ3n) is 5.06. The Morgan fingerprint density at radius 2 is 2.05 bits per heavy atom. The molecule has 2 atom stereocenters.